The van der Waals surface area contributed by atoms with Gasteiger partial charge in [-0.2, -0.15) is 0 Å². The Morgan fingerprint density at radius 2 is 2.18 bits per heavy atom. The number of benzene rings is 1. The molecule has 1 N–H and O–H groups in total. The van der Waals surface area contributed by atoms with Gasteiger partial charge in [0.05, 0.1) is 28.6 Å². The molecule has 1 atom stereocenters. The first-order chi connectivity index (χ1) is 10.6. The standard InChI is InChI=1S/C15H12Cl2N2O3/c16-11-4-3-9(6-12(11)17)13-7-14(22-19-13)15(20)18-8-10-2-1-5-21-10/h1-6,14H,7-8H2,(H,18,20)/t14-/m0/s1. The van der Waals surface area contributed by atoms with Crippen LogP contribution in [0.1, 0.15) is 17.7 Å². The second-order valence-corrected chi connectivity index (χ2v) is 5.58. The molecular formula is C15H12Cl2N2O3. The Hall–Kier alpha value is -1.98. The summed E-state index contributed by atoms with van der Waals surface area (Å²) in [5, 5.41) is 7.60. The first kappa shape index (κ1) is 14.9. The van der Waals surface area contributed by atoms with Gasteiger partial charge in [0.1, 0.15) is 5.76 Å². The van der Waals surface area contributed by atoms with Crippen LogP contribution in [0.4, 0.5) is 0 Å². The van der Waals surface area contributed by atoms with Gasteiger partial charge >= 0.3 is 0 Å². The summed E-state index contributed by atoms with van der Waals surface area (Å²) in [5.41, 5.74) is 1.45. The molecule has 2 heterocycles. The van der Waals surface area contributed by atoms with Crippen LogP contribution in [0.2, 0.25) is 10.0 Å². The number of nitrogens with one attached hydrogen (secondary N) is 1. The van der Waals surface area contributed by atoms with Gasteiger partial charge in [-0.1, -0.05) is 34.4 Å². The highest BCUT2D eigenvalue weighted by atomic mass is 35.5. The number of amides is 1. The molecule has 0 fully saturated rings. The Labute approximate surface area is 136 Å². The van der Waals surface area contributed by atoms with E-state index in [0.29, 0.717) is 34.5 Å². The quantitative estimate of drug-likeness (QED) is 0.929. The van der Waals surface area contributed by atoms with Crippen LogP contribution in [0, 0.1) is 0 Å². The topological polar surface area (TPSA) is 63.8 Å². The number of hydrogen-bond donors (Lipinski definition) is 1. The minimum Gasteiger partial charge on any atom is -0.467 e. The van der Waals surface area contributed by atoms with Gasteiger partial charge in [0.25, 0.3) is 5.91 Å². The molecule has 1 aromatic heterocycles. The Balaban J connectivity index is 1.58. The molecule has 0 saturated carbocycles. The third kappa shape index (κ3) is 3.26. The van der Waals surface area contributed by atoms with Gasteiger partial charge < -0.3 is 14.6 Å². The molecule has 0 unspecified atom stereocenters. The molecule has 0 radical (unpaired) electrons. The number of carbonyl (C=O) groups is 1. The van der Waals surface area contributed by atoms with Crippen LogP contribution >= 0.6 is 23.2 Å². The fourth-order valence-electron chi connectivity index (χ4n) is 2.07. The van der Waals surface area contributed by atoms with E-state index in [0.717, 1.165) is 5.56 Å². The molecule has 1 aliphatic rings. The van der Waals surface area contributed by atoms with Crippen molar-refractivity contribution < 1.29 is 14.0 Å². The molecular weight excluding hydrogens is 327 g/mol. The second-order valence-electron chi connectivity index (χ2n) is 4.76. The van der Waals surface area contributed by atoms with Crippen molar-refractivity contribution in [3.05, 3.63) is 58.0 Å². The van der Waals surface area contributed by atoms with Crippen molar-refractivity contribution in [3.8, 4) is 0 Å². The molecule has 0 aliphatic carbocycles. The molecule has 0 bridgehead atoms. The molecule has 5 nitrogen and oxygen atoms in total. The zero-order chi connectivity index (χ0) is 15.5. The molecule has 22 heavy (non-hydrogen) atoms. The van der Waals surface area contributed by atoms with Crippen molar-refractivity contribution in [2.45, 2.75) is 19.1 Å². The lowest BCUT2D eigenvalue weighted by Crippen LogP contribution is -2.34. The fraction of sp³-hybridized carbons (Fsp3) is 0.200. The molecule has 0 spiro atoms. The zero-order valence-corrected chi connectivity index (χ0v) is 12.9. The second kappa shape index (κ2) is 6.42. The SMILES string of the molecule is O=C(NCc1ccco1)[C@@H]1CC(c2ccc(Cl)c(Cl)c2)=NO1. The number of hydrogen-bond acceptors (Lipinski definition) is 4. The van der Waals surface area contributed by atoms with Crippen molar-refractivity contribution in [1.29, 1.82) is 0 Å². The van der Waals surface area contributed by atoms with E-state index in [9.17, 15) is 4.79 Å². The smallest absolute Gasteiger partial charge is 0.264 e. The summed E-state index contributed by atoms with van der Waals surface area (Å²) >= 11 is 11.9. The lowest BCUT2D eigenvalue weighted by molar-refractivity contribution is -0.131. The average Bonchev–Trinajstić information content (AvgIpc) is 3.18. The first-order valence-electron chi connectivity index (χ1n) is 6.61. The normalized spacial score (nSPS) is 17.0. The van der Waals surface area contributed by atoms with Gasteiger partial charge in [0.15, 0.2) is 0 Å². The summed E-state index contributed by atoms with van der Waals surface area (Å²) in [7, 11) is 0. The minimum absolute atomic E-state index is 0.241. The molecule has 1 aromatic carbocycles. The molecule has 2 aromatic rings. The summed E-state index contributed by atoms with van der Waals surface area (Å²) < 4.78 is 5.15. The van der Waals surface area contributed by atoms with Crippen molar-refractivity contribution in [1.82, 2.24) is 5.32 Å². The number of rotatable bonds is 4. The van der Waals surface area contributed by atoms with Gasteiger partial charge in [-0.05, 0) is 24.3 Å². The van der Waals surface area contributed by atoms with E-state index in [1.54, 1.807) is 36.6 Å². The number of carbonyl (C=O) groups excluding carboxylic acids is 1. The van der Waals surface area contributed by atoms with Crippen LogP contribution in [-0.2, 0) is 16.2 Å². The third-order valence-corrected chi connectivity index (χ3v) is 3.97. The summed E-state index contributed by atoms with van der Waals surface area (Å²) in [6, 6.07) is 8.73. The van der Waals surface area contributed by atoms with Gasteiger partial charge in [-0.3, -0.25) is 4.79 Å². The van der Waals surface area contributed by atoms with Gasteiger partial charge in [-0.25, -0.2) is 0 Å². The predicted octanol–water partition coefficient (Wildman–Crippen LogP) is 3.40. The zero-order valence-electron chi connectivity index (χ0n) is 11.4. The Bertz CT molecular complexity index is 714. The maximum Gasteiger partial charge on any atom is 0.264 e. The van der Waals surface area contributed by atoms with Gasteiger partial charge in [-0.15, -0.1) is 0 Å². The Kier molecular flexibility index (Phi) is 4.36. The molecule has 3 rings (SSSR count). The van der Waals surface area contributed by atoms with Crippen molar-refractivity contribution in [2.75, 3.05) is 0 Å². The lowest BCUT2D eigenvalue weighted by atomic mass is 10.0. The predicted molar refractivity (Wildman–Crippen MR) is 83.0 cm³/mol. The van der Waals surface area contributed by atoms with E-state index < -0.39 is 6.10 Å². The molecule has 114 valence electrons. The highest BCUT2D eigenvalue weighted by Crippen LogP contribution is 2.25. The van der Waals surface area contributed by atoms with E-state index in [-0.39, 0.29) is 5.91 Å². The minimum atomic E-state index is -0.653. The van der Waals surface area contributed by atoms with Crippen molar-refractivity contribution >= 4 is 34.8 Å². The Morgan fingerprint density at radius 1 is 1.32 bits per heavy atom. The number of furan rings is 1. The lowest BCUT2D eigenvalue weighted by Gasteiger charge is -2.08. The molecule has 7 heteroatoms. The number of halogens is 2. The molecule has 0 saturated heterocycles. The van der Waals surface area contributed by atoms with Crippen LogP contribution in [0.5, 0.6) is 0 Å². The summed E-state index contributed by atoms with van der Waals surface area (Å²) in [6.45, 7) is 0.313. The van der Waals surface area contributed by atoms with Crippen LogP contribution in [0.15, 0.2) is 46.2 Å². The molecule has 1 aliphatic heterocycles. The van der Waals surface area contributed by atoms with E-state index in [2.05, 4.69) is 10.5 Å². The van der Waals surface area contributed by atoms with Crippen molar-refractivity contribution in [3.63, 3.8) is 0 Å². The highest BCUT2D eigenvalue weighted by Gasteiger charge is 2.29. The van der Waals surface area contributed by atoms with Crippen molar-refractivity contribution in [2.24, 2.45) is 5.16 Å². The third-order valence-electron chi connectivity index (χ3n) is 3.23. The maximum atomic E-state index is 12.0. The largest absolute Gasteiger partial charge is 0.467 e. The van der Waals surface area contributed by atoms with Gasteiger partial charge in [0.2, 0.25) is 6.10 Å². The average molecular weight is 339 g/mol. The summed E-state index contributed by atoms with van der Waals surface area (Å²) in [6.07, 6.45) is 1.28. The maximum absolute atomic E-state index is 12.0. The Morgan fingerprint density at radius 3 is 2.91 bits per heavy atom. The van der Waals surface area contributed by atoms with Crippen LogP contribution < -0.4 is 5.32 Å². The summed E-state index contributed by atoms with van der Waals surface area (Å²) in [4.78, 5) is 17.2. The van der Waals surface area contributed by atoms with Crippen LogP contribution in [0.25, 0.3) is 0 Å². The number of nitrogens with zero attached hydrogens (tertiary/aromatic N) is 1. The monoisotopic (exact) mass is 338 g/mol. The first-order valence-corrected chi connectivity index (χ1v) is 7.37. The van der Waals surface area contributed by atoms with E-state index in [1.807, 2.05) is 0 Å². The number of oxime groups is 1. The van der Waals surface area contributed by atoms with Crippen LogP contribution in [0.3, 0.4) is 0 Å². The molecule has 1 amide bonds. The fourth-order valence-corrected chi connectivity index (χ4v) is 2.36. The summed E-state index contributed by atoms with van der Waals surface area (Å²) in [5.74, 6) is 0.437. The van der Waals surface area contributed by atoms with Crippen LogP contribution in [-0.4, -0.2) is 17.7 Å². The van der Waals surface area contributed by atoms with E-state index in [1.165, 1.54) is 0 Å². The van der Waals surface area contributed by atoms with E-state index >= 15 is 0 Å². The van der Waals surface area contributed by atoms with E-state index in [4.69, 9.17) is 32.5 Å². The van der Waals surface area contributed by atoms with Gasteiger partial charge in [0, 0.05) is 12.0 Å². The highest BCUT2D eigenvalue weighted by molar-refractivity contribution is 6.42.